The Bertz CT molecular complexity index is 622. The third-order valence-corrected chi connectivity index (χ3v) is 5.21. The summed E-state index contributed by atoms with van der Waals surface area (Å²) in [6.45, 7) is 4.81. The van der Waals surface area contributed by atoms with E-state index in [-0.39, 0.29) is 12.1 Å². The second-order valence-electron chi connectivity index (χ2n) is 7.32. The molecule has 0 bridgehead atoms. The maximum absolute atomic E-state index is 6.36. The van der Waals surface area contributed by atoms with Crippen LogP contribution in [-0.4, -0.2) is 68.7 Å². The molecule has 0 unspecified atom stereocenters. The van der Waals surface area contributed by atoms with Crippen LogP contribution in [0, 0.1) is 0 Å². The van der Waals surface area contributed by atoms with Crippen molar-refractivity contribution in [2.24, 2.45) is 10.7 Å². The summed E-state index contributed by atoms with van der Waals surface area (Å²) in [4.78, 5) is 9.48. The number of likely N-dealkylation sites (N-methyl/N-ethyl adjacent to an activating group) is 2. The van der Waals surface area contributed by atoms with E-state index in [4.69, 9.17) is 27.1 Å². The lowest BCUT2D eigenvalue weighted by molar-refractivity contribution is 0.331. The number of anilines is 1. The van der Waals surface area contributed by atoms with E-state index in [0.717, 1.165) is 49.9 Å². The zero-order valence-corrected chi connectivity index (χ0v) is 17.8. The van der Waals surface area contributed by atoms with Crippen molar-refractivity contribution in [2.75, 3.05) is 46.2 Å². The first kappa shape index (κ1) is 21.8. The van der Waals surface area contributed by atoms with E-state index >= 15 is 0 Å². The number of rotatable bonds is 7. The molecule has 0 heterocycles. The van der Waals surface area contributed by atoms with Crippen LogP contribution >= 0.6 is 11.6 Å². The lowest BCUT2D eigenvalue weighted by Crippen LogP contribution is -2.44. The van der Waals surface area contributed by atoms with Crippen LogP contribution in [0.15, 0.2) is 23.2 Å². The normalized spacial score (nSPS) is 20.6. The number of nitrogens with one attached hydrogen (secondary N) is 1. The number of nitrogens with two attached hydrogens (primary N) is 1. The molecular weight excluding hydrogens is 362 g/mol. The van der Waals surface area contributed by atoms with Crippen molar-refractivity contribution in [1.82, 2.24) is 9.80 Å². The maximum atomic E-state index is 6.36. The number of guanidine groups is 1. The Labute approximate surface area is 168 Å². The molecule has 0 saturated heterocycles. The SMILES string of the molecule is CCN(CCN(C)C)C(=N[C@H]1CCCC[C@@H]1N)Nc1cc(Cl)ccc1OC. The second-order valence-corrected chi connectivity index (χ2v) is 7.76. The molecule has 27 heavy (non-hydrogen) atoms. The van der Waals surface area contributed by atoms with Gasteiger partial charge in [-0.2, -0.15) is 0 Å². The van der Waals surface area contributed by atoms with Crippen LogP contribution in [0.4, 0.5) is 5.69 Å². The van der Waals surface area contributed by atoms with Gasteiger partial charge >= 0.3 is 0 Å². The van der Waals surface area contributed by atoms with E-state index in [1.54, 1.807) is 7.11 Å². The number of benzene rings is 1. The summed E-state index contributed by atoms with van der Waals surface area (Å²) in [5.41, 5.74) is 7.17. The smallest absolute Gasteiger partial charge is 0.198 e. The Morgan fingerprint density at radius 2 is 2.04 bits per heavy atom. The first-order chi connectivity index (χ1) is 12.9. The van der Waals surface area contributed by atoms with Gasteiger partial charge in [0.15, 0.2) is 5.96 Å². The molecule has 2 atom stereocenters. The van der Waals surface area contributed by atoms with Gasteiger partial charge in [-0.15, -0.1) is 0 Å². The van der Waals surface area contributed by atoms with Crippen LogP contribution in [-0.2, 0) is 0 Å². The van der Waals surface area contributed by atoms with E-state index in [1.807, 2.05) is 18.2 Å². The molecule has 1 aliphatic carbocycles. The first-order valence-corrected chi connectivity index (χ1v) is 10.2. The van der Waals surface area contributed by atoms with Crippen molar-refractivity contribution >= 4 is 23.2 Å². The Kier molecular flexibility index (Phi) is 8.67. The molecule has 2 rings (SSSR count). The monoisotopic (exact) mass is 395 g/mol. The fraction of sp³-hybridized carbons (Fsp3) is 0.650. The largest absolute Gasteiger partial charge is 0.495 e. The van der Waals surface area contributed by atoms with Gasteiger partial charge in [0.25, 0.3) is 0 Å². The van der Waals surface area contributed by atoms with Gasteiger partial charge in [-0.1, -0.05) is 24.4 Å². The summed E-state index contributed by atoms with van der Waals surface area (Å²) in [5.74, 6) is 1.57. The molecule has 0 spiro atoms. The number of methoxy groups -OCH3 is 1. The highest BCUT2D eigenvalue weighted by molar-refractivity contribution is 6.31. The molecule has 0 aromatic heterocycles. The van der Waals surface area contributed by atoms with Crippen molar-refractivity contribution in [1.29, 1.82) is 0 Å². The number of halogens is 1. The van der Waals surface area contributed by atoms with Crippen LogP contribution < -0.4 is 15.8 Å². The molecule has 152 valence electrons. The molecule has 0 aliphatic heterocycles. The first-order valence-electron chi connectivity index (χ1n) is 9.78. The van der Waals surface area contributed by atoms with Gasteiger partial charge in [0, 0.05) is 30.7 Å². The number of aliphatic imine (C=N–C) groups is 1. The minimum atomic E-state index is 0.115. The van der Waals surface area contributed by atoms with E-state index in [0.29, 0.717) is 5.02 Å². The van der Waals surface area contributed by atoms with Crippen molar-refractivity contribution < 1.29 is 4.74 Å². The minimum Gasteiger partial charge on any atom is -0.495 e. The molecule has 0 radical (unpaired) electrons. The number of hydrogen-bond acceptors (Lipinski definition) is 4. The summed E-state index contributed by atoms with van der Waals surface area (Å²) < 4.78 is 5.50. The maximum Gasteiger partial charge on any atom is 0.198 e. The third-order valence-electron chi connectivity index (χ3n) is 4.98. The van der Waals surface area contributed by atoms with Crippen molar-refractivity contribution in [3.8, 4) is 5.75 Å². The Hall–Kier alpha value is -1.50. The summed E-state index contributed by atoms with van der Waals surface area (Å²) in [6, 6.07) is 5.81. The van der Waals surface area contributed by atoms with E-state index < -0.39 is 0 Å². The highest BCUT2D eigenvalue weighted by Gasteiger charge is 2.23. The average Bonchev–Trinajstić information content (AvgIpc) is 2.64. The molecule has 1 aliphatic rings. The van der Waals surface area contributed by atoms with Gasteiger partial charge in [-0.05, 0) is 52.1 Å². The number of nitrogens with zero attached hydrogens (tertiary/aromatic N) is 3. The minimum absolute atomic E-state index is 0.115. The van der Waals surface area contributed by atoms with E-state index in [1.165, 1.54) is 12.8 Å². The summed E-state index contributed by atoms with van der Waals surface area (Å²) in [7, 11) is 5.82. The predicted molar refractivity (Wildman–Crippen MR) is 115 cm³/mol. The quantitative estimate of drug-likeness (QED) is 0.548. The van der Waals surface area contributed by atoms with E-state index in [2.05, 4.69) is 36.1 Å². The van der Waals surface area contributed by atoms with Crippen LogP contribution in [0.25, 0.3) is 0 Å². The molecule has 6 nitrogen and oxygen atoms in total. The second kappa shape index (κ2) is 10.7. The van der Waals surface area contributed by atoms with Gasteiger partial charge in [0.2, 0.25) is 0 Å². The fourth-order valence-electron chi connectivity index (χ4n) is 3.28. The van der Waals surface area contributed by atoms with Gasteiger partial charge in [0.1, 0.15) is 5.75 Å². The zero-order valence-electron chi connectivity index (χ0n) is 17.0. The van der Waals surface area contributed by atoms with Gasteiger partial charge in [-0.25, -0.2) is 4.99 Å². The van der Waals surface area contributed by atoms with Gasteiger partial charge in [-0.3, -0.25) is 0 Å². The summed E-state index contributed by atoms with van der Waals surface area (Å²) in [6.07, 6.45) is 4.44. The lowest BCUT2D eigenvalue weighted by atomic mass is 9.91. The number of ether oxygens (including phenoxy) is 1. The van der Waals surface area contributed by atoms with Crippen LogP contribution in [0.2, 0.25) is 5.02 Å². The molecular formula is C20H34ClN5O. The highest BCUT2D eigenvalue weighted by Crippen LogP contribution is 2.28. The Morgan fingerprint density at radius 1 is 1.30 bits per heavy atom. The standard InChI is InChI=1S/C20H34ClN5O/c1-5-26(13-12-25(2)3)20(23-17-9-7-6-8-16(17)22)24-18-14-15(21)10-11-19(18)27-4/h10-11,14,16-17H,5-9,12-13,22H2,1-4H3,(H,23,24)/t16-,17-/m0/s1. The molecule has 1 saturated carbocycles. The van der Waals surface area contributed by atoms with Gasteiger partial charge in [0.05, 0.1) is 18.8 Å². The molecule has 7 heteroatoms. The van der Waals surface area contributed by atoms with E-state index in [9.17, 15) is 0 Å². The van der Waals surface area contributed by atoms with Crippen molar-refractivity contribution in [3.05, 3.63) is 23.2 Å². The van der Waals surface area contributed by atoms with Crippen molar-refractivity contribution in [2.45, 2.75) is 44.7 Å². The highest BCUT2D eigenvalue weighted by atomic mass is 35.5. The van der Waals surface area contributed by atoms with Crippen LogP contribution in [0.3, 0.4) is 0 Å². The summed E-state index contributed by atoms with van der Waals surface area (Å²) >= 11 is 6.21. The molecule has 1 aromatic carbocycles. The van der Waals surface area contributed by atoms with Gasteiger partial charge < -0.3 is 25.6 Å². The Morgan fingerprint density at radius 3 is 2.67 bits per heavy atom. The number of hydrogen-bond donors (Lipinski definition) is 2. The van der Waals surface area contributed by atoms with Crippen LogP contribution in [0.5, 0.6) is 5.75 Å². The Balaban J connectivity index is 2.31. The third kappa shape index (κ3) is 6.55. The molecule has 1 fully saturated rings. The topological polar surface area (TPSA) is 66.1 Å². The fourth-order valence-corrected chi connectivity index (χ4v) is 3.46. The van der Waals surface area contributed by atoms with Crippen molar-refractivity contribution in [3.63, 3.8) is 0 Å². The lowest BCUT2D eigenvalue weighted by Gasteiger charge is -2.31. The average molecular weight is 396 g/mol. The zero-order chi connectivity index (χ0) is 19.8. The van der Waals surface area contributed by atoms with Crippen LogP contribution in [0.1, 0.15) is 32.6 Å². The molecule has 3 N–H and O–H groups in total. The predicted octanol–water partition coefficient (Wildman–Crippen LogP) is 3.27. The summed E-state index contributed by atoms with van der Waals surface area (Å²) in [5, 5.41) is 4.13. The molecule has 0 amide bonds. The molecule has 1 aromatic rings.